The van der Waals surface area contributed by atoms with Gasteiger partial charge in [0.1, 0.15) is 0 Å². The van der Waals surface area contributed by atoms with Gasteiger partial charge in [0.15, 0.2) is 0 Å². The zero-order chi connectivity index (χ0) is 15.1. The van der Waals surface area contributed by atoms with Crippen molar-refractivity contribution in [3.8, 4) is 0 Å². The second-order valence-electron chi connectivity index (χ2n) is 5.40. The Morgan fingerprint density at radius 3 is 1.95 bits per heavy atom. The van der Waals surface area contributed by atoms with Gasteiger partial charge in [-0.2, -0.15) is 0 Å². The molecule has 110 valence electrons. The van der Waals surface area contributed by atoms with E-state index in [0.717, 1.165) is 12.0 Å². The third kappa shape index (κ3) is 5.04. The fourth-order valence-corrected chi connectivity index (χ4v) is 2.33. The monoisotopic (exact) mass is 282 g/mol. The Hall–Kier alpha value is -2.13. The molecule has 2 aromatic rings. The minimum Gasteiger partial charge on any atom is -0.352 e. The van der Waals surface area contributed by atoms with Gasteiger partial charge in [-0.1, -0.05) is 60.7 Å². The van der Waals surface area contributed by atoms with Gasteiger partial charge < -0.3 is 11.1 Å². The first-order chi connectivity index (χ1) is 10.1. The minimum atomic E-state index is -0.509. The number of carbonyl (C=O) groups excluding carboxylic acids is 1. The highest BCUT2D eigenvalue weighted by molar-refractivity contribution is 5.82. The van der Waals surface area contributed by atoms with Gasteiger partial charge in [0.2, 0.25) is 5.91 Å². The van der Waals surface area contributed by atoms with E-state index in [1.807, 2.05) is 55.5 Å². The SMILES string of the molecule is CC(Cc1ccccc1)NC(=O)[C@@H](N)Cc1ccccc1. The lowest BCUT2D eigenvalue weighted by molar-refractivity contribution is -0.122. The molecular weight excluding hydrogens is 260 g/mol. The summed E-state index contributed by atoms with van der Waals surface area (Å²) in [6.07, 6.45) is 1.37. The summed E-state index contributed by atoms with van der Waals surface area (Å²) in [6.45, 7) is 2.00. The highest BCUT2D eigenvalue weighted by Gasteiger charge is 2.16. The van der Waals surface area contributed by atoms with Crippen LogP contribution in [0.1, 0.15) is 18.1 Å². The number of carbonyl (C=O) groups is 1. The fraction of sp³-hybridized carbons (Fsp3) is 0.278. The van der Waals surface area contributed by atoms with Crippen molar-refractivity contribution in [3.63, 3.8) is 0 Å². The third-order valence-corrected chi connectivity index (χ3v) is 3.41. The van der Waals surface area contributed by atoms with Crippen LogP contribution in [0, 0.1) is 0 Å². The highest BCUT2D eigenvalue weighted by atomic mass is 16.2. The van der Waals surface area contributed by atoms with Crippen molar-refractivity contribution in [3.05, 3.63) is 71.8 Å². The van der Waals surface area contributed by atoms with Crippen LogP contribution in [0.4, 0.5) is 0 Å². The summed E-state index contributed by atoms with van der Waals surface area (Å²) in [4.78, 5) is 12.1. The van der Waals surface area contributed by atoms with Crippen LogP contribution in [0.15, 0.2) is 60.7 Å². The van der Waals surface area contributed by atoms with Crippen molar-refractivity contribution in [2.24, 2.45) is 5.73 Å². The number of amides is 1. The van der Waals surface area contributed by atoms with E-state index >= 15 is 0 Å². The Morgan fingerprint density at radius 1 is 0.952 bits per heavy atom. The molecule has 0 saturated carbocycles. The fourth-order valence-electron chi connectivity index (χ4n) is 2.33. The maximum Gasteiger partial charge on any atom is 0.237 e. The maximum absolute atomic E-state index is 12.1. The first-order valence-electron chi connectivity index (χ1n) is 7.29. The van der Waals surface area contributed by atoms with Gasteiger partial charge in [0.05, 0.1) is 6.04 Å². The van der Waals surface area contributed by atoms with Gasteiger partial charge in [0.25, 0.3) is 0 Å². The predicted octanol–water partition coefficient (Wildman–Crippen LogP) is 2.30. The molecule has 3 heteroatoms. The Morgan fingerprint density at radius 2 is 1.43 bits per heavy atom. The van der Waals surface area contributed by atoms with Crippen molar-refractivity contribution in [2.75, 3.05) is 0 Å². The first-order valence-corrected chi connectivity index (χ1v) is 7.29. The molecule has 0 aliphatic heterocycles. The molecule has 2 aromatic carbocycles. The largest absolute Gasteiger partial charge is 0.352 e. The molecule has 2 atom stereocenters. The Bertz CT molecular complexity index is 554. The average Bonchev–Trinajstić information content (AvgIpc) is 2.49. The number of benzene rings is 2. The van der Waals surface area contributed by atoms with Crippen LogP contribution in [0.25, 0.3) is 0 Å². The van der Waals surface area contributed by atoms with Crippen LogP contribution in [0.2, 0.25) is 0 Å². The molecule has 3 nitrogen and oxygen atoms in total. The summed E-state index contributed by atoms with van der Waals surface area (Å²) < 4.78 is 0. The van der Waals surface area contributed by atoms with E-state index in [1.54, 1.807) is 0 Å². The minimum absolute atomic E-state index is 0.0710. The Kier molecular flexibility index (Phi) is 5.52. The molecule has 1 amide bonds. The summed E-state index contributed by atoms with van der Waals surface area (Å²) in [5.41, 5.74) is 8.27. The molecule has 0 fully saturated rings. The second kappa shape index (κ2) is 7.60. The van der Waals surface area contributed by atoms with Crippen molar-refractivity contribution >= 4 is 5.91 Å². The molecule has 3 N–H and O–H groups in total. The quantitative estimate of drug-likeness (QED) is 0.854. The van der Waals surface area contributed by atoms with E-state index in [4.69, 9.17) is 5.73 Å². The summed E-state index contributed by atoms with van der Waals surface area (Å²) in [5.74, 6) is -0.0951. The first kappa shape index (κ1) is 15.3. The Balaban J connectivity index is 1.83. The van der Waals surface area contributed by atoms with Crippen LogP contribution in [-0.2, 0) is 17.6 Å². The standard InChI is InChI=1S/C18H22N2O/c1-14(12-15-8-4-2-5-9-15)20-18(21)17(19)13-16-10-6-3-7-11-16/h2-11,14,17H,12-13,19H2,1H3,(H,20,21)/t14?,17-/m0/s1. The molecule has 0 aliphatic rings. The van der Waals surface area contributed by atoms with E-state index in [1.165, 1.54) is 5.56 Å². The number of nitrogens with two attached hydrogens (primary N) is 1. The number of hydrogen-bond acceptors (Lipinski definition) is 2. The number of rotatable bonds is 6. The molecule has 1 unspecified atom stereocenters. The molecule has 0 radical (unpaired) electrons. The summed E-state index contributed by atoms with van der Waals surface area (Å²) in [7, 11) is 0. The number of nitrogens with one attached hydrogen (secondary N) is 1. The molecule has 0 aromatic heterocycles. The average molecular weight is 282 g/mol. The van der Waals surface area contributed by atoms with Crippen molar-refractivity contribution in [1.29, 1.82) is 0 Å². The van der Waals surface area contributed by atoms with E-state index in [2.05, 4.69) is 17.4 Å². The lowest BCUT2D eigenvalue weighted by atomic mass is 10.0. The molecule has 0 heterocycles. The van der Waals surface area contributed by atoms with Gasteiger partial charge in [-0.15, -0.1) is 0 Å². The van der Waals surface area contributed by atoms with Crippen LogP contribution in [0.3, 0.4) is 0 Å². The van der Waals surface area contributed by atoms with Crippen LogP contribution in [0.5, 0.6) is 0 Å². The summed E-state index contributed by atoms with van der Waals surface area (Å²) in [6, 6.07) is 19.5. The molecule has 21 heavy (non-hydrogen) atoms. The topological polar surface area (TPSA) is 55.1 Å². The molecule has 2 rings (SSSR count). The zero-order valence-corrected chi connectivity index (χ0v) is 12.3. The number of hydrogen-bond donors (Lipinski definition) is 2. The summed E-state index contributed by atoms with van der Waals surface area (Å²) >= 11 is 0. The normalized spacial score (nSPS) is 13.4. The van der Waals surface area contributed by atoms with Crippen LogP contribution >= 0.6 is 0 Å². The maximum atomic E-state index is 12.1. The smallest absolute Gasteiger partial charge is 0.237 e. The van der Waals surface area contributed by atoms with Gasteiger partial charge in [0, 0.05) is 6.04 Å². The highest BCUT2D eigenvalue weighted by Crippen LogP contribution is 2.05. The van der Waals surface area contributed by atoms with Crippen molar-refractivity contribution in [1.82, 2.24) is 5.32 Å². The van der Waals surface area contributed by atoms with Crippen molar-refractivity contribution < 1.29 is 4.79 Å². The van der Waals surface area contributed by atoms with Gasteiger partial charge in [-0.25, -0.2) is 0 Å². The van der Waals surface area contributed by atoms with E-state index in [9.17, 15) is 4.79 Å². The zero-order valence-electron chi connectivity index (χ0n) is 12.3. The van der Waals surface area contributed by atoms with E-state index in [-0.39, 0.29) is 11.9 Å². The van der Waals surface area contributed by atoms with E-state index < -0.39 is 6.04 Å². The molecule has 0 bridgehead atoms. The second-order valence-corrected chi connectivity index (χ2v) is 5.40. The Labute approximate surface area is 126 Å². The van der Waals surface area contributed by atoms with Gasteiger partial charge >= 0.3 is 0 Å². The van der Waals surface area contributed by atoms with Gasteiger partial charge in [-0.3, -0.25) is 4.79 Å². The molecular formula is C18H22N2O. The molecule has 0 spiro atoms. The molecule has 0 aliphatic carbocycles. The van der Waals surface area contributed by atoms with Crippen LogP contribution < -0.4 is 11.1 Å². The molecule has 0 saturated heterocycles. The lowest BCUT2D eigenvalue weighted by Gasteiger charge is -2.17. The van der Waals surface area contributed by atoms with E-state index in [0.29, 0.717) is 6.42 Å². The van der Waals surface area contributed by atoms with Crippen molar-refractivity contribution in [2.45, 2.75) is 31.8 Å². The summed E-state index contributed by atoms with van der Waals surface area (Å²) in [5, 5.41) is 2.98. The predicted molar refractivity (Wildman–Crippen MR) is 85.9 cm³/mol. The van der Waals surface area contributed by atoms with Crippen LogP contribution in [-0.4, -0.2) is 18.0 Å². The van der Waals surface area contributed by atoms with Gasteiger partial charge in [-0.05, 0) is 30.9 Å². The lowest BCUT2D eigenvalue weighted by Crippen LogP contribution is -2.46. The third-order valence-electron chi connectivity index (χ3n) is 3.41.